The van der Waals surface area contributed by atoms with Crippen molar-refractivity contribution in [2.45, 2.75) is 6.04 Å². The number of Topliss-reactive ketones (excluding diaryl/α,β-unsaturated/α-hetero) is 1. The molecule has 0 saturated carbocycles. The van der Waals surface area contributed by atoms with Gasteiger partial charge in [0, 0.05) is 34.6 Å². The van der Waals surface area contributed by atoms with Gasteiger partial charge < -0.3 is 14.3 Å². The normalized spacial score (nSPS) is 15.9. The summed E-state index contributed by atoms with van der Waals surface area (Å²) >= 11 is 6.12. The molecule has 1 amide bonds. The number of hydrogen-bond donors (Lipinski definition) is 1. The highest BCUT2D eigenvalue weighted by molar-refractivity contribution is 6.31. The molecule has 1 unspecified atom stereocenters. The zero-order valence-electron chi connectivity index (χ0n) is 17.7. The van der Waals surface area contributed by atoms with E-state index in [1.807, 2.05) is 0 Å². The molecule has 1 aliphatic rings. The van der Waals surface area contributed by atoms with Gasteiger partial charge in [0.25, 0.3) is 5.91 Å². The maximum absolute atomic E-state index is 13.6. The number of ether oxygens (including phenoxy) is 1. The Hall–Kier alpha value is -4.17. The van der Waals surface area contributed by atoms with Gasteiger partial charge in [-0.05, 0) is 54.1 Å². The van der Waals surface area contributed by atoms with Crippen LogP contribution >= 0.6 is 11.6 Å². The van der Waals surface area contributed by atoms with Crippen molar-refractivity contribution < 1.29 is 28.2 Å². The van der Waals surface area contributed by atoms with Gasteiger partial charge >= 0.3 is 0 Å². The van der Waals surface area contributed by atoms with Crippen molar-refractivity contribution in [1.29, 1.82) is 0 Å². The number of anilines is 1. The minimum atomic E-state index is -0.993. The van der Waals surface area contributed by atoms with Crippen molar-refractivity contribution in [1.82, 2.24) is 4.98 Å². The predicted octanol–water partition coefficient (Wildman–Crippen LogP) is 5.41. The molecule has 0 spiro atoms. The van der Waals surface area contributed by atoms with E-state index in [0.29, 0.717) is 33.0 Å². The molecule has 0 saturated heterocycles. The number of aromatic nitrogens is 1. The number of aliphatic hydroxyl groups is 1. The lowest BCUT2D eigenvalue weighted by Crippen LogP contribution is -2.31. The third-order valence-corrected chi connectivity index (χ3v) is 5.79. The van der Waals surface area contributed by atoms with Crippen LogP contribution in [0.25, 0.3) is 11.0 Å². The predicted molar refractivity (Wildman–Crippen MR) is 123 cm³/mol. The SMILES string of the molecule is COc1cc(Cl)cc2cc(C(=O)C3=C(O)C(=O)N(c4ccc(F)cc4)C3c3ccncc3)oc12. The second-order valence-electron chi connectivity index (χ2n) is 7.56. The number of furan rings is 1. The zero-order chi connectivity index (χ0) is 24.0. The number of nitrogens with zero attached hydrogens (tertiary/aromatic N) is 2. The Kier molecular flexibility index (Phi) is 5.30. The number of rotatable bonds is 5. The summed E-state index contributed by atoms with van der Waals surface area (Å²) in [6, 6.07) is 12.1. The molecule has 0 fully saturated rings. The van der Waals surface area contributed by atoms with Gasteiger partial charge in [-0.25, -0.2) is 4.39 Å². The van der Waals surface area contributed by atoms with E-state index in [1.165, 1.54) is 54.7 Å². The average Bonchev–Trinajstić information content (AvgIpc) is 3.38. The Morgan fingerprint density at radius 1 is 1.15 bits per heavy atom. The highest BCUT2D eigenvalue weighted by Crippen LogP contribution is 2.42. The van der Waals surface area contributed by atoms with Crippen LogP contribution in [0.1, 0.15) is 22.2 Å². The van der Waals surface area contributed by atoms with Crippen molar-refractivity contribution in [3.8, 4) is 5.75 Å². The molecule has 1 N–H and O–H groups in total. The maximum atomic E-state index is 13.6. The van der Waals surface area contributed by atoms with Gasteiger partial charge in [-0.2, -0.15) is 0 Å². The van der Waals surface area contributed by atoms with Crippen molar-refractivity contribution in [2.24, 2.45) is 0 Å². The number of carbonyl (C=O) groups is 2. The van der Waals surface area contributed by atoms with Crippen LogP contribution in [-0.4, -0.2) is 28.9 Å². The van der Waals surface area contributed by atoms with Gasteiger partial charge in [-0.15, -0.1) is 0 Å². The molecule has 3 heterocycles. The fraction of sp³-hybridized carbons (Fsp3) is 0.0800. The number of methoxy groups -OCH3 is 1. The van der Waals surface area contributed by atoms with Crippen LogP contribution in [-0.2, 0) is 4.79 Å². The molecule has 7 nitrogen and oxygen atoms in total. The number of amides is 1. The van der Waals surface area contributed by atoms with Gasteiger partial charge in [-0.1, -0.05) is 11.6 Å². The lowest BCUT2D eigenvalue weighted by molar-refractivity contribution is -0.117. The monoisotopic (exact) mass is 478 g/mol. The Morgan fingerprint density at radius 2 is 1.85 bits per heavy atom. The zero-order valence-corrected chi connectivity index (χ0v) is 18.4. The highest BCUT2D eigenvalue weighted by Gasteiger charge is 2.45. The van der Waals surface area contributed by atoms with E-state index in [9.17, 15) is 19.1 Å². The van der Waals surface area contributed by atoms with Crippen molar-refractivity contribution >= 4 is 39.9 Å². The number of benzene rings is 2. The molecule has 34 heavy (non-hydrogen) atoms. The highest BCUT2D eigenvalue weighted by atomic mass is 35.5. The Bertz CT molecular complexity index is 1460. The van der Waals surface area contributed by atoms with E-state index < -0.39 is 29.3 Å². The summed E-state index contributed by atoms with van der Waals surface area (Å²) in [4.78, 5) is 32.0. The molecule has 4 aromatic rings. The summed E-state index contributed by atoms with van der Waals surface area (Å²) in [5, 5.41) is 11.7. The van der Waals surface area contributed by atoms with Crippen LogP contribution in [0.3, 0.4) is 0 Å². The van der Waals surface area contributed by atoms with Gasteiger partial charge in [0.2, 0.25) is 5.78 Å². The third-order valence-electron chi connectivity index (χ3n) is 5.57. The molecular formula is C25H16ClFN2O5. The maximum Gasteiger partial charge on any atom is 0.294 e. The third kappa shape index (κ3) is 3.48. The van der Waals surface area contributed by atoms with Crippen LogP contribution in [0.15, 0.2) is 82.7 Å². The summed E-state index contributed by atoms with van der Waals surface area (Å²) in [5.41, 5.74) is 0.956. The summed E-state index contributed by atoms with van der Waals surface area (Å²) < 4.78 is 24.6. The van der Waals surface area contributed by atoms with Crippen molar-refractivity contribution in [3.05, 3.63) is 100 Å². The van der Waals surface area contributed by atoms with Gasteiger partial charge in [0.05, 0.1) is 18.7 Å². The van der Waals surface area contributed by atoms with E-state index in [0.717, 1.165) is 0 Å². The van der Waals surface area contributed by atoms with Crippen LogP contribution in [0.2, 0.25) is 5.02 Å². The second kappa shape index (κ2) is 8.31. The number of fused-ring (bicyclic) bond motifs is 1. The lowest BCUT2D eigenvalue weighted by Gasteiger charge is -2.26. The minimum absolute atomic E-state index is 0.107. The first-order valence-corrected chi connectivity index (χ1v) is 10.5. The smallest absolute Gasteiger partial charge is 0.294 e. The van der Waals surface area contributed by atoms with Crippen molar-refractivity contribution in [2.75, 3.05) is 12.0 Å². The average molecular weight is 479 g/mol. The first-order chi connectivity index (χ1) is 16.4. The molecular weight excluding hydrogens is 463 g/mol. The molecule has 0 aliphatic carbocycles. The molecule has 9 heteroatoms. The van der Waals surface area contributed by atoms with E-state index in [4.69, 9.17) is 20.8 Å². The van der Waals surface area contributed by atoms with Gasteiger partial charge in [-0.3, -0.25) is 19.5 Å². The largest absolute Gasteiger partial charge is 0.503 e. The Labute approximate surface area is 197 Å². The molecule has 0 radical (unpaired) electrons. The molecule has 2 aromatic heterocycles. The van der Waals surface area contributed by atoms with E-state index in [2.05, 4.69) is 4.98 Å². The summed E-state index contributed by atoms with van der Waals surface area (Å²) in [6.45, 7) is 0. The standard InChI is InChI=1S/C25H16ClFN2O5/c1-33-19-12-15(26)10-14-11-18(34-24(14)19)22(30)20-21(13-6-8-28-9-7-13)29(25(32)23(20)31)17-4-2-16(27)3-5-17/h2-12,21,31H,1H3. The first-order valence-electron chi connectivity index (χ1n) is 10.1. The number of halogens is 2. The fourth-order valence-electron chi connectivity index (χ4n) is 4.05. The molecule has 2 aromatic carbocycles. The van der Waals surface area contributed by atoms with Gasteiger partial charge in [0.1, 0.15) is 5.82 Å². The summed E-state index contributed by atoms with van der Waals surface area (Å²) in [6.07, 6.45) is 3.02. The van der Waals surface area contributed by atoms with Crippen LogP contribution < -0.4 is 9.64 Å². The number of aliphatic hydroxyl groups excluding tert-OH is 1. The number of pyridine rings is 1. The lowest BCUT2D eigenvalue weighted by atomic mass is 9.95. The molecule has 170 valence electrons. The quantitative estimate of drug-likeness (QED) is 0.385. The second-order valence-corrected chi connectivity index (χ2v) is 8.00. The molecule has 0 bridgehead atoms. The topological polar surface area (TPSA) is 92.9 Å². The fourth-order valence-corrected chi connectivity index (χ4v) is 4.27. The van der Waals surface area contributed by atoms with Crippen LogP contribution in [0, 0.1) is 5.82 Å². The van der Waals surface area contributed by atoms with Gasteiger partial charge in [0.15, 0.2) is 22.9 Å². The number of carbonyl (C=O) groups excluding carboxylic acids is 2. The minimum Gasteiger partial charge on any atom is -0.503 e. The van der Waals surface area contributed by atoms with E-state index >= 15 is 0 Å². The Balaban J connectivity index is 1.65. The first kappa shape index (κ1) is 21.7. The van der Waals surface area contributed by atoms with E-state index in [-0.39, 0.29) is 11.3 Å². The molecule has 1 atom stereocenters. The van der Waals surface area contributed by atoms with Crippen molar-refractivity contribution in [3.63, 3.8) is 0 Å². The van der Waals surface area contributed by atoms with E-state index in [1.54, 1.807) is 24.3 Å². The summed E-state index contributed by atoms with van der Waals surface area (Å²) in [7, 11) is 1.44. The number of ketones is 1. The summed E-state index contributed by atoms with van der Waals surface area (Å²) in [5.74, 6) is -2.47. The number of hydrogen-bond acceptors (Lipinski definition) is 6. The Morgan fingerprint density at radius 3 is 2.53 bits per heavy atom. The molecule has 5 rings (SSSR count). The van der Waals surface area contributed by atoms with Crippen LogP contribution in [0.5, 0.6) is 5.75 Å². The van der Waals surface area contributed by atoms with Crippen LogP contribution in [0.4, 0.5) is 10.1 Å². The molecule has 1 aliphatic heterocycles.